The monoisotopic (exact) mass is 160 g/mol. The summed E-state index contributed by atoms with van der Waals surface area (Å²) in [5.41, 5.74) is 0. The molecule has 0 aromatic rings. The minimum atomic E-state index is -0.884. The second kappa shape index (κ2) is 4.91. The molecule has 10 heavy (non-hydrogen) atoms. The van der Waals surface area contributed by atoms with Crippen LogP contribution < -0.4 is 0 Å². The largest absolute Gasteiger partial charge is 0.396 e. The summed E-state index contributed by atoms with van der Waals surface area (Å²) in [4.78, 5) is 0. The highest BCUT2D eigenvalue weighted by molar-refractivity contribution is 6.77. The fourth-order valence-corrected chi connectivity index (χ4v) is 4.08. The Labute approximate surface area is 65.5 Å². The predicted molar refractivity (Wildman–Crippen MR) is 49.1 cm³/mol. The molecule has 62 valence electrons. The van der Waals surface area contributed by atoms with Gasteiger partial charge >= 0.3 is 0 Å². The normalized spacial score (nSPS) is 12.0. The molecular weight excluding hydrogens is 140 g/mol. The third-order valence-electron chi connectivity index (χ3n) is 1.94. The summed E-state index contributed by atoms with van der Waals surface area (Å²) in [6.45, 7) is 7.44. The molecule has 0 aliphatic heterocycles. The van der Waals surface area contributed by atoms with E-state index in [2.05, 4.69) is 20.0 Å². The molecule has 0 radical (unpaired) electrons. The summed E-state index contributed by atoms with van der Waals surface area (Å²) in [7, 11) is -0.884. The van der Waals surface area contributed by atoms with Gasteiger partial charge in [-0.1, -0.05) is 38.5 Å². The molecule has 0 saturated carbocycles. The van der Waals surface area contributed by atoms with Gasteiger partial charge in [0.15, 0.2) is 0 Å². The van der Waals surface area contributed by atoms with Crippen molar-refractivity contribution in [3.8, 4) is 0 Å². The van der Waals surface area contributed by atoms with Crippen LogP contribution in [0, 0.1) is 0 Å². The van der Waals surface area contributed by atoms with Crippen molar-refractivity contribution in [2.24, 2.45) is 0 Å². The summed E-state index contributed by atoms with van der Waals surface area (Å²) in [6, 6.07) is 2.70. The smallest absolute Gasteiger partial charge is 0.0474 e. The third-order valence-corrected chi connectivity index (χ3v) is 5.50. The molecule has 0 atom stereocenters. The van der Waals surface area contributed by atoms with Crippen molar-refractivity contribution in [2.45, 2.75) is 44.9 Å². The molecule has 0 aliphatic carbocycles. The summed E-state index contributed by atoms with van der Waals surface area (Å²) >= 11 is 0. The molecule has 0 saturated heterocycles. The predicted octanol–water partition coefficient (Wildman–Crippen LogP) is 2.49. The van der Waals surface area contributed by atoms with Gasteiger partial charge < -0.3 is 5.11 Å². The Hall–Kier alpha value is 0.177. The van der Waals surface area contributed by atoms with Crippen LogP contribution in [0.4, 0.5) is 0 Å². The molecule has 1 nitrogen and oxygen atoms in total. The molecule has 0 fully saturated rings. The van der Waals surface area contributed by atoms with E-state index in [0.29, 0.717) is 6.61 Å². The molecule has 0 rings (SSSR count). The van der Waals surface area contributed by atoms with Crippen molar-refractivity contribution in [1.29, 1.82) is 0 Å². The van der Waals surface area contributed by atoms with E-state index in [4.69, 9.17) is 5.11 Å². The van der Waals surface area contributed by atoms with Gasteiger partial charge in [-0.2, -0.15) is 0 Å². The average molecular weight is 160 g/mol. The van der Waals surface area contributed by atoms with E-state index >= 15 is 0 Å². The van der Waals surface area contributed by atoms with Gasteiger partial charge in [-0.25, -0.2) is 0 Å². The summed E-state index contributed by atoms with van der Waals surface area (Å²) in [5.74, 6) is 0. The average Bonchev–Trinajstić information content (AvgIpc) is 1.84. The fraction of sp³-hybridized carbons (Fsp3) is 1.00. The highest BCUT2D eigenvalue weighted by Crippen LogP contribution is 2.18. The van der Waals surface area contributed by atoms with E-state index in [9.17, 15) is 0 Å². The maximum Gasteiger partial charge on any atom is 0.0474 e. The minimum absolute atomic E-state index is 0.375. The van der Waals surface area contributed by atoms with Gasteiger partial charge in [-0.15, -0.1) is 0 Å². The Bertz CT molecular complexity index is 81.3. The van der Waals surface area contributed by atoms with Gasteiger partial charge in [0.1, 0.15) is 0 Å². The summed E-state index contributed by atoms with van der Waals surface area (Å²) in [6.07, 6.45) is 2.32. The van der Waals surface area contributed by atoms with E-state index < -0.39 is 8.07 Å². The van der Waals surface area contributed by atoms with E-state index in [1.54, 1.807) is 0 Å². The van der Waals surface area contributed by atoms with Crippen LogP contribution >= 0.6 is 0 Å². The van der Waals surface area contributed by atoms with Crippen LogP contribution in [0.15, 0.2) is 0 Å². The Morgan fingerprint density at radius 1 is 1.20 bits per heavy atom. The van der Waals surface area contributed by atoms with E-state index in [0.717, 1.165) is 6.42 Å². The number of aliphatic hydroxyl groups excluding tert-OH is 1. The van der Waals surface area contributed by atoms with Crippen LogP contribution in [-0.2, 0) is 0 Å². The van der Waals surface area contributed by atoms with Crippen LogP contribution in [0.25, 0.3) is 0 Å². The number of aliphatic hydroxyl groups is 1. The summed E-state index contributed by atoms with van der Waals surface area (Å²) < 4.78 is 0. The molecular formula is C8H20OSi. The van der Waals surface area contributed by atoms with Crippen LogP contribution in [-0.4, -0.2) is 19.8 Å². The number of hydrogen-bond acceptors (Lipinski definition) is 1. The Morgan fingerprint density at radius 3 is 2.20 bits per heavy atom. The zero-order valence-corrected chi connectivity index (χ0v) is 8.48. The lowest BCUT2D eigenvalue weighted by Crippen LogP contribution is -2.24. The topological polar surface area (TPSA) is 20.2 Å². The third kappa shape index (κ3) is 5.00. The first-order valence-corrected chi connectivity index (χ1v) is 7.64. The first-order valence-electron chi connectivity index (χ1n) is 4.23. The fourth-order valence-electron chi connectivity index (χ4n) is 1.36. The molecule has 2 heteroatoms. The van der Waals surface area contributed by atoms with Crippen molar-refractivity contribution in [3.63, 3.8) is 0 Å². The molecule has 0 heterocycles. The lowest BCUT2D eigenvalue weighted by atomic mass is 10.5. The van der Waals surface area contributed by atoms with Gasteiger partial charge in [0, 0.05) is 14.7 Å². The summed E-state index contributed by atoms with van der Waals surface area (Å²) in [5, 5.41) is 8.62. The molecule has 0 amide bonds. The molecule has 0 aliphatic rings. The van der Waals surface area contributed by atoms with Gasteiger partial charge in [0.25, 0.3) is 0 Å². The van der Waals surface area contributed by atoms with Crippen molar-refractivity contribution in [2.75, 3.05) is 6.61 Å². The molecule has 0 bridgehead atoms. The van der Waals surface area contributed by atoms with Crippen molar-refractivity contribution >= 4 is 8.07 Å². The molecule has 0 aromatic heterocycles. The molecule has 0 aromatic carbocycles. The maximum absolute atomic E-state index is 8.62. The minimum Gasteiger partial charge on any atom is -0.396 e. The van der Waals surface area contributed by atoms with E-state index in [-0.39, 0.29) is 0 Å². The number of rotatable bonds is 5. The van der Waals surface area contributed by atoms with E-state index in [1.807, 2.05) is 0 Å². The Morgan fingerprint density at radius 2 is 1.80 bits per heavy atom. The first kappa shape index (κ1) is 10.2. The second-order valence-corrected chi connectivity index (χ2v) is 9.07. The second-order valence-electron chi connectivity index (χ2n) is 3.74. The van der Waals surface area contributed by atoms with Crippen LogP contribution in [0.2, 0.25) is 25.2 Å². The van der Waals surface area contributed by atoms with Gasteiger partial charge in [0.05, 0.1) is 0 Å². The Kier molecular flexibility index (Phi) is 5.00. The standard InChI is InChI=1S/C8H20OSi/c1-4-7-10(2,3)8-5-6-9/h9H,4-8H2,1-3H3. The van der Waals surface area contributed by atoms with Crippen molar-refractivity contribution in [3.05, 3.63) is 0 Å². The highest BCUT2D eigenvalue weighted by Gasteiger charge is 2.17. The van der Waals surface area contributed by atoms with Crippen LogP contribution in [0.1, 0.15) is 19.8 Å². The van der Waals surface area contributed by atoms with Gasteiger partial charge in [-0.05, 0) is 6.42 Å². The Balaban J connectivity index is 3.42. The van der Waals surface area contributed by atoms with Crippen molar-refractivity contribution < 1.29 is 5.11 Å². The zero-order valence-electron chi connectivity index (χ0n) is 7.48. The van der Waals surface area contributed by atoms with Gasteiger partial charge in [0.2, 0.25) is 0 Å². The SMILES string of the molecule is CCC[Si](C)(C)CCCO. The maximum atomic E-state index is 8.62. The zero-order chi connectivity index (χ0) is 8.04. The molecule has 1 N–H and O–H groups in total. The first-order chi connectivity index (χ1) is 4.62. The number of hydrogen-bond donors (Lipinski definition) is 1. The van der Waals surface area contributed by atoms with Gasteiger partial charge in [-0.3, -0.25) is 0 Å². The lowest BCUT2D eigenvalue weighted by Gasteiger charge is -2.20. The van der Waals surface area contributed by atoms with E-state index in [1.165, 1.54) is 18.5 Å². The lowest BCUT2D eigenvalue weighted by molar-refractivity contribution is 0.294. The highest BCUT2D eigenvalue weighted by atomic mass is 28.3. The van der Waals surface area contributed by atoms with Crippen LogP contribution in [0.5, 0.6) is 0 Å². The molecule has 0 unspecified atom stereocenters. The van der Waals surface area contributed by atoms with Crippen molar-refractivity contribution in [1.82, 2.24) is 0 Å². The quantitative estimate of drug-likeness (QED) is 0.613. The molecule has 0 spiro atoms. The van der Waals surface area contributed by atoms with Crippen LogP contribution in [0.3, 0.4) is 0 Å².